The van der Waals surface area contributed by atoms with Crippen molar-refractivity contribution in [2.45, 2.75) is 44.9 Å². The number of methoxy groups -OCH3 is 2. The largest absolute Gasteiger partial charge is 0.493 e. The summed E-state index contributed by atoms with van der Waals surface area (Å²) in [6, 6.07) is 0. The van der Waals surface area contributed by atoms with Gasteiger partial charge in [-0.3, -0.25) is 0 Å². The van der Waals surface area contributed by atoms with E-state index in [2.05, 4.69) is 22.9 Å². The van der Waals surface area contributed by atoms with Crippen molar-refractivity contribution in [2.75, 3.05) is 20.8 Å². The zero-order valence-corrected chi connectivity index (χ0v) is 14.4. The van der Waals surface area contributed by atoms with Gasteiger partial charge in [0.1, 0.15) is 0 Å². The second-order valence-corrected chi connectivity index (χ2v) is 6.49. The fourth-order valence-corrected chi connectivity index (χ4v) is 4.01. The van der Waals surface area contributed by atoms with Crippen LogP contribution in [-0.2, 0) is 5.41 Å². The van der Waals surface area contributed by atoms with Gasteiger partial charge < -0.3 is 15.2 Å². The van der Waals surface area contributed by atoms with Crippen molar-refractivity contribution in [3.63, 3.8) is 0 Å². The summed E-state index contributed by atoms with van der Waals surface area (Å²) < 4.78 is 12.4. The molecule has 4 heteroatoms. The SMILES string of the molecule is COc1c(C)c(Br)c(C)c(C2(CN)CCCC2)c1OC. The van der Waals surface area contributed by atoms with Crippen LogP contribution in [0.1, 0.15) is 42.4 Å². The summed E-state index contributed by atoms with van der Waals surface area (Å²) in [7, 11) is 3.41. The first kappa shape index (κ1) is 15.6. The number of benzene rings is 1. The molecule has 0 spiro atoms. The minimum Gasteiger partial charge on any atom is -0.493 e. The average Bonchev–Trinajstić information content (AvgIpc) is 2.94. The lowest BCUT2D eigenvalue weighted by Crippen LogP contribution is -2.33. The van der Waals surface area contributed by atoms with Crippen LogP contribution in [0.2, 0.25) is 0 Å². The van der Waals surface area contributed by atoms with Gasteiger partial charge in [-0.2, -0.15) is 0 Å². The zero-order valence-electron chi connectivity index (χ0n) is 12.8. The Kier molecular flexibility index (Phi) is 4.65. The highest BCUT2D eigenvalue weighted by atomic mass is 79.9. The van der Waals surface area contributed by atoms with Crippen LogP contribution in [-0.4, -0.2) is 20.8 Å². The molecule has 1 aromatic rings. The molecule has 2 rings (SSSR count). The number of rotatable bonds is 4. The summed E-state index contributed by atoms with van der Waals surface area (Å²) in [5.41, 5.74) is 9.73. The lowest BCUT2D eigenvalue weighted by molar-refractivity contribution is 0.333. The summed E-state index contributed by atoms with van der Waals surface area (Å²) >= 11 is 3.71. The third-order valence-electron chi connectivity index (χ3n) is 4.70. The Morgan fingerprint density at radius 1 is 1.05 bits per heavy atom. The molecule has 2 N–H and O–H groups in total. The first-order valence-corrected chi connectivity index (χ1v) is 7.93. The van der Waals surface area contributed by atoms with Gasteiger partial charge in [-0.05, 0) is 32.3 Å². The van der Waals surface area contributed by atoms with Gasteiger partial charge in [0.05, 0.1) is 14.2 Å². The van der Waals surface area contributed by atoms with Crippen LogP contribution in [0.15, 0.2) is 4.47 Å². The Morgan fingerprint density at radius 2 is 1.60 bits per heavy atom. The highest BCUT2D eigenvalue weighted by molar-refractivity contribution is 9.10. The molecule has 1 aliphatic carbocycles. The standard InChI is InChI=1S/C16H24BrNO2/c1-10-12(16(9-18)7-5-6-8-16)15(20-4)14(19-3)11(2)13(10)17/h5-9,18H2,1-4H3. The molecule has 1 aromatic carbocycles. The maximum atomic E-state index is 6.16. The predicted octanol–water partition coefficient (Wildman–Crippen LogP) is 3.85. The molecule has 0 unspecified atom stereocenters. The van der Waals surface area contributed by atoms with Crippen molar-refractivity contribution < 1.29 is 9.47 Å². The average molecular weight is 342 g/mol. The van der Waals surface area contributed by atoms with Gasteiger partial charge in [-0.1, -0.05) is 28.8 Å². The molecule has 20 heavy (non-hydrogen) atoms. The molecule has 0 amide bonds. The van der Waals surface area contributed by atoms with Crippen molar-refractivity contribution in [2.24, 2.45) is 5.73 Å². The second-order valence-electron chi connectivity index (χ2n) is 5.70. The molecule has 0 radical (unpaired) electrons. The summed E-state index contributed by atoms with van der Waals surface area (Å²) in [4.78, 5) is 0. The zero-order chi connectivity index (χ0) is 14.9. The molecular formula is C16H24BrNO2. The number of halogens is 1. The Morgan fingerprint density at radius 3 is 2.05 bits per heavy atom. The lowest BCUT2D eigenvalue weighted by Gasteiger charge is -2.33. The molecule has 0 aliphatic heterocycles. The van der Waals surface area contributed by atoms with Gasteiger partial charge in [-0.25, -0.2) is 0 Å². The molecule has 0 heterocycles. The fraction of sp³-hybridized carbons (Fsp3) is 0.625. The van der Waals surface area contributed by atoms with Gasteiger partial charge in [0.2, 0.25) is 0 Å². The van der Waals surface area contributed by atoms with E-state index < -0.39 is 0 Å². The number of ether oxygens (including phenoxy) is 2. The Hall–Kier alpha value is -0.740. The van der Waals surface area contributed by atoms with Gasteiger partial charge in [0.25, 0.3) is 0 Å². The van der Waals surface area contributed by atoms with Crippen molar-refractivity contribution in [3.8, 4) is 11.5 Å². The topological polar surface area (TPSA) is 44.5 Å². The summed E-state index contributed by atoms with van der Waals surface area (Å²) in [5, 5.41) is 0. The highest BCUT2D eigenvalue weighted by Gasteiger charge is 2.40. The van der Waals surface area contributed by atoms with Crippen LogP contribution in [0.25, 0.3) is 0 Å². The van der Waals surface area contributed by atoms with Crippen LogP contribution in [0.4, 0.5) is 0 Å². The van der Waals surface area contributed by atoms with Gasteiger partial charge in [-0.15, -0.1) is 0 Å². The number of hydrogen-bond acceptors (Lipinski definition) is 3. The van der Waals surface area contributed by atoms with E-state index in [0.29, 0.717) is 6.54 Å². The second kappa shape index (κ2) is 5.94. The van der Waals surface area contributed by atoms with Crippen LogP contribution >= 0.6 is 15.9 Å². The Balaban J connectivity index is 2.77. The monoisotopic (exact) mass is 341 g/mol. The van der Waals surface area contributed by atoms with Crippen molar-refractivity contribution in [3.05, 3.63) is 21.2 Å². The smallest absolute Gasteiger partial charge is 0.165 e. The molecule has 0 atom stereocenters. The third kappa shape index (κ3) is 2.23. The van der Waals surface area contributed by atoms with E-state index in [0.717, 1.165) is 34.4 Å². The van der Waals surface area contributed by atoms with E-state index in [9.17, 15) is 0 Å². The van der Waals surface area contributed by atoms with Gasteiger partial charge in [0.15, 0.2) is 11.5 Å². The molecule has 3 nitrogen and oxygen atoms in total. The maximum absolute atomic E-state index is 6.16. The van der Waals surface area contributed by atoms with E-state index in [1.54, 1.807) is 14.2 Å². The normalized spacial score (nSPS) is 17.3. The Bertz CT molecular complexity index is 508. The van der Waals surface area contributed by atoms with E-state index in [4.69, 9.17) is 15.2 Å². The first-order valence-electron chi connectivity index (χ1n) is 7.13. The lowest BCUT2D eigenvalue weighted by atomic mass is 9.75. The number of nitrogens with two attached hydrogens (primary N) is 1. The van der Waals surface area contributed by atoms with E-state index in [-0.39, 0.29) is 5.41 Å². The van der Waals surface area contributed by atoms with Crippen molar-refractivity contribution >= 4 is 15.9 Å². The van der Waals surface area contributed by atoms with E-state index in [1.807, 2.05) is 6.92 Å². The molecule has 1 fully saturated rings. The summed E-state index contributed by atoms with van der Waals surface area (Å²) in [6.07, 6.45) is 4.71. The Labute approximate surface area is 130 Å². The summed E-state index contributed by atoms with van der Waals surface area (Å²) in [5.74, 6) is 1.68. The third-order valence-corrected chi connectivity index (χ3v) is 5.89. The quantitative estimate of drug-likeness (QED) is 0.904. The molecule has 1 saturated carbocycles. The minimum atomic E-state index is 0.0267. The molecule has 112 valence electrons. The number of hydrogen-bond donors (Lipinski definition) is 1. The minimum absolute atomic E-state index is 0.0267. The predicted molar refractivity (Wildman–Crippen MR) is 85.9 cm³/mol. The fourth-order valence-electron chi connectivity index (χ4n) is 3.63. The van der Waals surface area contributed by atoms with Crippen molar-refractivity contribution in [1.82, 2.24) is 0 Å². The molecular weight excluding hydrogens is 318 g/mol. The van der Waals surface area contributed by atoms with Crippen LogP contribution in [0.3, 0.4) is 0 Å². The van der Waals surface area contributed by atoms with Crippen LogP contribution in [0, 0.1) is 13.8 Å². The molecule has 1 aliphatic rings. The van der Waals surface area contributed by atoms with Gasteiger partial charge >= 0.3 is 0 Å². The summed E-state index contributed by atoms with van der Waals surface area (Å²) in [6.45, 7) is 4.85. The first-order chi connectivity index (χ1) is 9.52. The van der Waals surface area contributed by atoms with Crippen LogP contribution in [0.5, 0.6) is 11.5 Å². The van der Waals surface area contributed by atoms with Crippen molar-refractivity contribution in [1.29, 1.82) is 0 Å². The highest BCUT2D eigenvalue weighted by Crippen LogP contribution is 2.51. The molecule has 0 aromatic heterocycles. The van der Waals surface area contributed by atoms with Crippen LogP contribution < -0.4 is 15.2 Å². The van der Waals surface area contributed by atoms with E-state index in [1.165, 1.54) is 24.0 Å². The van der Waals surface area contributed by atoms with Gasteiger partial charge in [0, 0.05) is 27.6 Å². The van der Waals surface area contributed by atoms with E-state index >= 15 is 0 Å². The molecule has 0 bridgehead atoms. The maximum Gasteiger partial charge on any atom is 0.165 e. The molecule has 0 saturated heterocycles.